The average molecular weight is 291 g/mol. The topological polar surface area (TPSA) is 46.0 Å². The monoisotopic (exact) mass is 291 g/mol. The Balaban J connectivity index is 1.60. The van der Waals surface area contributed by atoms with Gasteiger partial charge in [0.2, 0.25) is 0 Å². The van der Waals surface area contributed by atoms with Crippen molar-refractivity contribution >= 4 is 0 Å². The minimum Gasteiger partial charge on any atom is -0.309 e. The second-order valence-corrected chi connectivity index (χ2v) is 6.79. The summed E-state index contributed by atoms with van der Waals surface area (Å²) in [6.45, 7) is 4.58. The Bertz CT molecular complexity index is 430. The predicted octanol–water partition coefficient (Wildman–Crippen LogP) is 2.09. The van der Waals surface area contributed by atoms with E-state index in [2.05, 4.69) is 20.5 Å². The lowest BCUT2D eigenvalue weighted by Crippen LogP contribution is -2.57. The smallest absolute Gasteiger partial charge is 0.0738 e. The summed E-state index contributed by atoms with van der Waals surface area (Å²) in [7, 11) is 1.96. The molecule has 0 aromatic carbocycles. The van der Waals surface area contributed by atoms with Crippen molar-refractivity contribution < 1.29 is 0 Å². The molecule has 2 heterocycles. The maximum Gasteiger partial charge on any atom is 0.0738 e. The zero-order valence-electron chi connectivity index (χ0n) is 13.4. The van der Waals surface area contributed by atoms with Crippen LogP contribution in [0.5, 0.6) is 0 Å². The first kappa shape index (κ1) is 15.0. The molecule has 1 saturated heterocycles. The first-order valence-corrected chi connectivity index (χ1v) is 8.60. The van der Waals surface area contributed by atoms with Crippen LogP contribution in [0.15, 0.2) is 6.20 Å². The molecule has 0 amide bonds. The van der Waals surface area contributed by atoms with E-state index in [1.807, 2.05) is 17.9 Å². The summed E-state index contributed by atoms with van der Waals surface area (Å²) >= 11 is 0. The summed E-state index contributed by atoms with van der Waals surface area (Å²) in [6.07, 6.45) is 13.0. The predicted molar refractivity (Wildman–Crippen MR) is 83.9 cm³/mol. The van der Waals surface area contributed by atoms with Gasteiger partial charge in [-0.2, -0.15) is 0 Å². The highest BCUT2D eigenvalue weighted by Gasteiger charge is 2.37. The van der Waals surface area contributed by atoms with Crippen LogP contribution in [0.2, 0.25) is 0 Å². The Hall–Kier alpha value is -0.940. The zero-order chi connectivity index (χ0) is 14.5. The van der Waals surface area contributed by atoms with Crippen LogP contribution >= 0.6 is 0 Å². The van der Waals surface area contributed by atoms with Gasteiger partial charge in [0.25, 0.3) is 0 Å². The highest BCUT2D eigenvalue weighted by Crippen LogP contribution is 2.35. The van der Waals surface area contributed by atoms with Gasteiger partial charge < -0.3 is 5.32 Å². The summed E-state index contributed by atoms with van der Waals surface area (Å²) in [5.74, 6) is 0. The van der Waals surface area contributed by atoms with Gasteiger partial charge in [0, 0.05) is 25.7 Å². The molecule has 21 heavy (non-hydrogen) atoms. The lowest BCUT2D eigenvalue weighted by Gasteiger charge is -2.48. The van der Waals surface area contributed by atoms with E-state index in [4.69, 9.17) is 0 Å². The molecule has 5 nitrogen and oxygen atoms in total. The molecule has 0 atom stereocenters. The summed E-state index contributed by atoms with van der Waals surface area (Å²) in [6, 6.07) is 0. The lowest BCUT2D eigenvalue weighted by molar-refractivity contribution is 0.0332. The third-order valence-corrected chi connectivity index (χ3v) is 5.38. The van der Waals surface area contributed by atoms with Crippen LogP contribution in [-0.2, 0) is 13.6 Å². The number of hydrogen-bond acceptors (Lipinski definition) is 4. The molecule has 0 bridgehead atoms. The minimum absolute atomic E-state index is 0.407. The Morgan fingerprint density at radius 3 is 2.48 bits per heavy atom. The van der Waals surface area contributed by atoms with Crippen molar-refractivity contribution in [1.82, 2.24) is 25.2 Å². The Kier molecular flexibility index (Phi) is 4.91. The van der Waals surface area contributed by atoms with Gasteiger partial charge in [-0.1, -0.05) is 30.9 Å². The van der Waals surface area contributed by atoms with Crippen molar-refractivity contribution in [2.24, 2.45) is 7.05 Å². The molecule has 118 valence electrons. The fourth-order valence-electron chi connectivity index (χ4n) is 4.08. The number of likely N-dealkylation sites (tertiary alicyclic amines) is 1. The van der Waals surface area contributed by atoms with Crippen LogP contribution in [0.4, 0.5) is 0 Å². The van der Waals surface area contributed by atoms with Crippen molar-refractivity contribution in [3.05, 3.63) is 11.9 Å². The molecule has 0 spiro atoms. The highest BCUT2D eigenvalue weighted by atomic mass is 15.4. The molecule has 1 aromatic heterocycles. The Morgan fingerprint density at radius 1 is 1.10 bits per heavy atom. The van der Waals surface area contributed by atoms with Crippen molar-refractivity contribution in [1.29, 1.82) is 0 Å². The van der Waals surface area contributed by atoms with Crippen LogP contribution < -0.4 is 5.32 Å². The lowest BCUT2D eigenvalue weighted by atomic mass is 9.79. The van der Waals surface area contributed by atoms with E-state index in [0.717, 1.165) is 13.1 Å². The van der Waals surface area contributed by atoms with Gasteiger partial charge in [-0.15, -0.1) is 5.10 Å². The van der Waals surface area contributed by atoms with Crippen LogP contribution in [-0.4, -0.2) is 45.1 Å². The number of nitrogens with zero attached hydrogens (tertiary/aromatic N) is 4. The first-order valence-electron chi connectivity index (χ1n) is 8.60. The normalized spacial score (nSPS) is 23.3. The third kappa shape index (κ3) is 3.46. The largest absolute Gasteiger partial charge is 0.309 e. The Labute approximate surface area is 128 Å². The SMILES string of the molecule is Cn1nncc1CNCC1(N2CCCCC2)CCCCC1. The summed E-state index contributed by atoms with van der Waals surface area (Å²) in [4.78, 5) is 2.80. The van der Waals surface area contributed by atoms with E-state index >= 15 is 0 Å². The zero-order valence-corrected chi connectivity index (χ0v) is 13.4. The summed E-state index contributed by atoms with van der Waals surface area (Å²) in [5, 5.41) is 11.7. The van der Waals surface area contributed by atoms with E-state index in [9.17, 15) is 0 Å². The molecule has 2 fully saturated rings. The number of rotatable bonds is 5. The number of hydrogen-bond donors (Lipinski definition) is 1. The molecule has 1 N–H and O–H groups in total. The molecule has 0 radical (unpaired) electrons. The van der Waals surface area contributed by atoms with E-state index in [0.29, 0.717) is 5.54 Å². The van der Waals surface area contributed by atoms with Gasteiger partial charge in [0.05, 0.1) is 11.9 Å². The fourth-order valence-corrected chi connectivity index (χ4v) is 4.08. The minimum atomic E-state index is 0.407. The molecule has 1 saturated carbocycles. The molecule has 3 rings (SSSR count). The standard InChI is InChI=1S/C16H29N5/c1-20-15(13-18-19-20)12-17-14-16(8-4-2-5-9-16)21-10-6-3-7-11-21/h13,17H,2-12,14H2,1H3. The highest BCUT2D eigenvalue weighted by molar-refractivity contribution is 4.98. The number of piperidine rings is 1. The van der Waals surface area contributed by atoms with E-state index < -0.39 is 0 Å². The molecular formula is C16H29N5. The van der Waals surface area contributed by atoms with Gasteiger partial charge in [-0.05, 0) is 38.8 Å². The van der Waals surface area contributed by atoms with Gasteiger partial charge in [0.1, 0.15) is 0 Å². The molecule has 0 unspecified atom stereocenters. The molecule has 2 aliphatic rings. The summed E-state index contributed by atoms with van der Waals surface area (Å²) in [5.41, 5.74) is 1.57. The van der Waals surface area contributed by atoms with Gasteiger partial charge in [0.15, 0.2) is 0 Å². The molecule has 5 heteroatoms. The number of aryl methyl sites for hydroxylation is 1. The average Bonchev–Trinajstić information content (AvgIpc) is 2.95. The molecule has 1 aliphatic carbocycles. The van der Waals surface area contributed by atoms with Crippen molar-refractivity contribution in [3.8, 4) is 0 Å². The van der Waals surface area contributed by atoms with E-state index in [1.165, 1.54) is 70.2 Å². The fraction of sp³-hybridized carbons (Fsp3) is 0.875. The number of aromatic nitrogens is 3. The van der Waals surface area contributed by atoms with Gasteiger partial charge in [-0.25, -0.2) is 0 Å². The maximum atomic E-state index is 4.01. The quantitative estimate of drug-likeness (QED) is 0.902. The van der Waals surface area contributed by atoms with Crippen LogP contribution in [0.1, 0.15) is 57.1 Å². The second-order valence-electron chi connectivity index (χ2n) is 6.79. The van der Waals surface area contributed by atoms with Crippen molar-refractivity contribution in [3.63, 3.8) is 0 Å². The number of nitrogens with one attached hydrogen (secondary N) is 1. The third-order valence-electron chi connectivity index (χ3n) is 5.38. The van der Waals surface area contributed by atoms with Gasteiger partial charge in [-0.3, -0.25) is 9.58 Å². The second kappa shape index (κ2) is 6.88. The first-order chi connectivity index (χ1) is 10.3. The van der Waals surface area contributed by atoms with E-state index in [-0.39, 0.29) is 0 Å². The van der Waals surface area contributed by atoms with Crippen LogP contribution in [0, 0.1) is 0 Å². The van der Waals surface area contributed by atoms with E-state index in [1.54, 1.807) is 0 Å². The Morgan fingerprint density at radius 2 is 1.81 bits per heavy atom. The molecular weight excluding hydrogens is 262 g/mol. The van der Waals surface area contributed by atoms with Crippen molar-refractivity contribution in [2.45, 2.75) is 63.5 Å². The summed E-state index contributed by atoms with van der Waals surface area (Å²) < 4.78 is 1.86. The van der Waals surface area contributed by atoms with Crippen LogP contribution in [0.3, 0.4) is 0 Å². The van der Waals surface area contributed by atoms with Gasteiger partial charge >= 0.3 is 0 Å². The van der Waals surface area contributed by atoms with Crippen molar-refractivity contribution in [2.75, 3.05) is 19.6 Å². The maximum absolute atomic E-state index is 4.01. The molecule has 1 aromatic rings. The molecule has 1 aliphatic heterocycles. The van der Waals surface area contributed by atoms with Crippen LogP contribution in [0.25, 0.3) is 0 Å².